The molecule has 1 unspecified atom stereocenters. The van der Waals surface area contributed by atoms with Crippen molar-refractivity contribution >= 4 is 0 Å². The SMILES string of the molecule is Fc1cc2ccc1CCc1c3cccc1C(Cc1ccc(cc1)CO3)C2.N.N. The number of aryl methyl sites for hydroxylation is 1. The maximum Gasteiger partial charge on any atom is 0.126 e. The van der Waals surface area contributed by atoms with Crippen LogP contribution >= 0.6 is 0 Å². The van der Waals surface area contributed by atoms with Gasteiger partial charge in [-0.1, -0.05) is 48.5 Å². The predicted octanol–water partition coefficient (Wildman–Crippen LogP) is 5.71. The lowest BCUT2D eigenvalue weighted by Crippen LogP contribution is -2.13. The fourth-order valence-electron chi connectivity index (χ4n) is 4.34. The Morgan fingerprint density at radius 2 is 1.50 bits per heavy atom. The third kappa shape index (κ3) is 3.66. The minimum absolute atomic E-state index is 0. The number of hydrogen-bond acceptors (Lipinski definition) is 3. The number of hydrogen-bond donors (Lipinski definition) is 2. The van der Waals surface area contributed by atoms with Gasteiger partial charge in [0.05, 0.1) is 0 Å². The second-order valence-electron chi connectivity index (χ2n) is 7.46. The molecule has 0 aromatic heterocycles. The molecule has 3 aromatic rings. The molecule has 1 atom stereocenters. The van der Waals surface area contributed by atoms with E-state index in [2.05, 4.69) is 48.5 Å². The first kappa shape index (κ1) is 20.1. The Bertz CT molecular complexity index is 969. The van der Waals surface area contributed by atoms with E-state index >= 15 is 0 Å². The Morgan fingerprint density at radius 3 is 2.29 bits per heavy atom. The standard InChI is InChI=1S/C24H21FO.2H3N/c25-23-14-18-8-9-19(23)10-11-22-21-2-1-3-24(22)26-15-17-6-4-16(5-7-17)12-20(21)13-18;;/h1-9,14,20H,10-13,15H2;2*1H3. The van der Waals surface area contributed by atoms with Crippen molar-refractivity contribution in [1.29, 1.82) is 0 Å². The van der Waals surface area contributed by atoms with Crippen LogP contribution in [-0.2, 0) is 32.3 Å². The molecular formula is C24H27FN2O. The Hall–Kier alpha value is -2.69. The van der Waals surface area contributed by atoms with Crippen molar-refractivity contribution in [3.05, 3.63) is 99.9 Å². The van der Waals surface area contributed by atoms with E-state index in [-0.39, 0.29) is 18.1 Å². The zero-order valence-electron chi connectivity index (χ0n) is 16.1. The summed E-state index contributed by atoms with van der Waals surface area (Å²) in [6.45, 7) is 0.573. The summed E-state index contributed by atoms with van der Waals surface area (Å²) < 4.78 is 20.7. The molecule has 2 aliphatic heterocycles. The second kappa shape index (κ2) is 8.13. The van der Waals surface area contributed by atoms with E-state index in [4.69, 9.17) is 4.74 Å². The molecule has 2 heterocycles. The molecule has 3 aromatic carbocycles. The molecule has 4 heteroatoms. The van der Waals surface area contributed by atoms with Gasteiger partial charge in [0.25, 0.3) is 0 Å². The number of rotatable bonds is 0. The fourth-order valence-corrected chi connectivity index (χ4v) is 4.34. The summed E-state index contributed by atoms with van der Waals surface area (Å²) in [5, 5.41) is 0. The average Bonchev–Trinajstić information content (AvgIpc) is 2.68. The van der Waals surface area contributed by atoms with Crippen LogP contribution in [0.15, 0.2) is 60.7 Å². The van der Waals surface area contributed by atoms with Crippen molar-refractivity contribution in [2.24, 2.45) is 0 Å². The third-order valence-electron chi connectivity index (χ3n) is 5.75. The van der Waals surface area contributed by atoms with Gasteiger partial charge in [-0.05, 0) is 77.1 Å². The summed E-state index contributed by atoms with van der Waals surface area (Å²) in [5.41, 5.74) is 6.99. The van der Waals surface area contributed by atoms with Crippen LogP contribution in [0.5, 0.6) is 5.75 Å². The summed E-state index contributed by atoms with van der Waals surface area (Å²) in [7, 11) is 0. The summed E-state index contributed by atoms with van der Waals surface area (Å²) in [6.07, 6.45) is 3.31. The van der Waals surface area contributed by atoms with Crippen LogP contribution in [0.4, 0.5) is 4.39 Å². The maximum atomic E-state index is 14.5. The van der Waals surface area contributed by atoms with Crippen LogP contribution in [0.1, 0.15) is 39.3 Å². The lowest BCUT2D eigenvalue weighted by molar-refractivity contribution is 0.302. The number of benzene rings is 3. The first-order chi connectivity index (χ1) is 12.8. The number of ether oxygens (including phenoxy) is 1. The Balaban J connectivity index is 0.00000112. The molecule has 146 valence electrons. The minimum atomic E-state index is -0.0728. The van der Waals surface area contributed by atoms with Crippen LogP contribution in [0.3, 0.4) is 0 Å². The van der Waals surface area contributed by atoms with Crippen LogP contribution in [0.2, 0.25) is 0 Å². The largest absolute Gasteiger partial charge is 0.489 e. The van der Waals surface area contributed by atoms with E-state index in [1.54, 1.807) is 6.07 Å². The zero-order chi connectivity index (χ0) is 17.5. The smallest absolute Gasteiger partial charge is 0.126 e. The summed E-state index contributed by atoms with van der Waals surface area (Å²) in [5.74, 6) is 1.20. The first-order valence-corrected chi connectivity index (χ1v) is 9.36. The quantitative estimate of drug-likeness (QED) is 0.526. The lowest BCUT2D eigenvalue weighted by Gasteiger charge is -2.24. The highest BCUT2D eigenvalue weighted by atomic mass is 19.1. The highest BCUT2D eigenvalue weighted by Crippen LogP contribution is 2.36. The normalized spacial score (nSPS) is 16.8. The first-order valence-electron chi connectivity index (χ1n) is 9.36. The van der Waals surface area contributed by atoms with Gasteiger partial charge in [-0.2, -0.15) is 0 Å². The molecule has 0 spiro atoms. The van der Waals surface area contributed by atoms with E-state index in [0.29, 0.717) is 18.9 Å². The van der Waals surface area contributed by atoms with Crippen molar-refractivity contribution in [3.63, 3.8) is 0 Å². The zero-order valence-corrected chi connectivity index (χ0v) is 16.1. The molecule has 28 heavy (non-hydrogen) atoms. The molecule has 0 radical (unpaired) electrons. The molecule has 7 rings (SSSR count). The van der Waals surface area contributed by atoms with Crippen LogP contribution in [0, 0.1) is 5.82 Å². The Labute approximate surface area is 165 Å². The Kier molecular flexibility index (Phi) is 5.82. The second-order valence-corrected chi connectivity index (χ2v) is 7.46. The van der Waals surface area contributed by atoms with E-state index in [0.717, 1.165) is 36.1 Å². The molecule has 0 saturated carbocycles. The topological polar surface area (TPSA) is 79.2 Å². The molecule has 2 aliphatic carbocycles. The molecule has 0 amide bonds. The van der Waals surface area contributed by atoms with E-state index in [1.165, 1.54) is 22.3 Å². The van der Waals surface area contributed by atoms with Crippen molar-refractivity contribution in [2.75, 3.05) is 0 Å². The van der Waals surface area contributed by atoms with E-state index in [9.17, 15) is 4.39 Å². The highest BCUT2D eigenvalue weighted by molar-refractivity contribution is 5.45. The molecule has 0 saturated heterocycles. The number of fused-ring (bicyclic) bond motifs is 6. The van der Waals surface area contributed by atoms with E-state index in [1.807, 2.05) is 6.07 Å². The van der Waals surface area contributed by atoms with Crippen LogP contribution in [0.25, 0.3) is 0 Å². The summed E-state index contributed by atoms with van der Waals surface area (Å²) >= 11 is 0. The van der Waals surface area contributed by atoms with Crippen LogP contribution in [-0.4, -0.2) is 0 Å². The van der Waals surface area contributed by atoms with Gasteiger partial charge in [-0.25, -0.2) is 4.39 Å². The molecule has 0 fully saturated rings. The van der Waals surface area contributed by atoms with Crippen molar-refractivity contribution < 1.29 is 9.13 Å². The fraction of sp³-hybridized carbons (Fsp3) is 0.250. The van der Waals surface area contributed by atoms with Crippen molar-refractivity contribution in [2.45, 2.75) is 38.2 Å². The van der Waals surface area contributed by atoms with Gasteiger partial charge >= 0.3 is 0 Å². The van der Waals surface area contributed by atoms with Gasteiger partial charge in [0.1, 0.15) is 18.2 Å². The van der Waals surface area contributed by atoms with Gasteiger partial charge in [0.15, 0.2) is 0 Å². The molecule has 8 bridgehead atoms. The van der Waals surface area contributed by atoms with Crippen LogP contribution < -0.4 is 17.0 Å². The summed E-state index contributed by atoms with van der Waals surface area (Å²) in [6, 6.07) is 20.9. The monoisotopic (exact) mass is 378 g/mol. The minimum Gasteiger partial charge on any atom is -0.489 e. The Morgan fingerprint density at radius 1 is 0.786 bits per heavy atom. The van der Waals surface area contributed by atoms with Gasteiger partial charge in [0, 0.05) is 0 Å². The molecule has 4 aliphatic rings. The van der Waals surface area contributed by atoms with Gasteiger partial charge in [-0.3, -0.25) is 0 Å². The third-order valence-corrected chi connectivity index (χ3v) is 5.75. The molecular weight excluding hydrogens is 351 g/mol. The maximum absolute atomic E-state index is 14.5. The molecule has 6 N–H and O–H groups in total. The average molecular weight is 378 g/mol. The number of halogens is 1. The van der Waals surface area contributed by atoms with Gasteiger partial charge < -0.3 is 17.0 Å². The van der Waals surface area contributed by atoms with Gasteiger partial charge in [0.2, 0.25) is 0 Å². The van der Waals surface area contributed by atoms with Crippen molar-refractivity contribution in [1.82, 2.24) is 12.3 Å². The predicted molar refractivity (Wildman–Crippen MR) is 111 cm³/mol. The summed E-state index contributed by atoms with van der Waals surface area (Å²) in [4.78, 5) is 0. The van der Waals surface area contributed by atoms with Gasteiger partial charge in [-0.15, -0.1) is 0 Å². The van der Waals surface area contributed by atoms with Crippen molar-refractivity contribution in [3.8, 4) is 5.75 Å². The van der Waals surface area contributed by atoms with E-state index < -0.39 is 0 Å². The lowest BCUT2D eigenvalue weighted by atomic mass is 9.81. The highest BCUT2D eigenvalue weighted by Gasteiger charge is 2.23. The molecule has 3 nitrogen and oxygen atoms in total.